The van der Waals surface area contributed by atoms with E-state index in [1.807, 2.05) is 24.3 Å². The van der Waals surface area contributed by atoms with Gasteiger partial charge in [0, 0.05) is 10.4 Å². The van der Waals surface area contributed by atoms with Gasteiger partial charge in [0.1, 0.15) is 5.01 Å². The second-order valence-corrected chi connectivity index (χ2v) is 7.01. The molecule has 23 heavy (non-hydrogen) atoms. The SMILES string of the molecule is O=C(O)c1csc(CNC(=O)C2(Cc3ccccc3Cl)CC2)n1. The maximum absolute atomic E-state index is 12.5. The van der Waals surface area contributed by atoms with Crippen molar-refractivity contribution in [3.63, 3.8) is 0 Å². The van der Waals surface area contributed by atoms with E-state index in [9.17, 15) is 9.59 Å². The number of rotatable bonds is 6. The summed E-state index contributed by atoms with van der Waals surface area (Å²) in [5, 5.41) is 14.5. The van der Waals surface area contributed by atoms with Crippen molar-refractivity contribution in [2.45, 2.75) is 25.8 Å². The summed E-state index contributed by atoms with van der Waals surface area (Å²) in [5.74, 6) is -1.08. The van der Waals surface area contributed by atoms with Crippen molar-refractivity contribution >= 4 is 34.8 Å². The number of carboxylic acid groups (broad SMARTS) is 1. The van der Waals surface area contributed by atoms with Crippen molar-refractivity contribution < 1.29 is 14.7 Å². The van der Waals surface area contributed by atoms with Crippen LogP contribution in [0.1, 0.15) is 33.9 Å². The molecular formula is C16H15ClN2O3S. The first-order chi connectivity index (χ1) is 11.0. The number of thiazole rings is 1. The van der Waals surface area contributed by atoms with Crippen molar-refractivity contribution in [1.82, 2.24) is 10.3 Å². The molecule has 120 valence electrons. The summed E-state index contributed by atoms with van der Waals surface area (Å²) < 4.78 is 0. The van der Waals surface area contributed by atoms with Crippen molar-refractivity contribution in [2.24, 2.45) is 5.41 Å². The average Bonchev–Trinajstić information content (AvgIpc) is 3.15. The Balaban J connectivity index is 1.61. The van der Waals surface area contributed by atoms with E-state index in [4.69, 9.17) is 16.7 Å². The van der Waals surface area contributed by atoms with Gasteiger partial charge in [-0.1, -0.05) is 29.8 Å². The molecule has 2 aromatic rings. The molecule has 1 aliphatic rings. The fourth-order valence-corrected chi connectivity index (χ4v) is 3.39. The molecule has 0 bridgehead atoms. The first-order valence-corrected chi connectivity index (χ1v) is 8.45. The van der Waals surface area contributed by atoms with Gasteiger partial charge in [0.2, 0.25) is 5.91 Å². The molecule has 0 spiro atoms. The normalized spacial score (nSPS) is 15.2. The number of carbonyl (C=O) groups is 2. The van der Waals surface area contributed by atoms with Crippen LogP contribution in [0.25, 0.3) is 0 Å². The lowest BCUT2D eigenvalue weighted by atomic mass is 9.95. The monoisotopic (exact) mass is 350 g/mol. The molecule has 0 unspecified atom stereocenters. The van der Waals surface area contributed by atoms with Crippen LogP contribution in [0.3, 0.4) is 0 Å². The Morgan fingerprint density at radius 2 is 2.09 bits per heavy atom. The van der Waals surface area contributed by atoms with Crippen LogP contribution in [-0.2, 0) is 17.8 Å². The Labute approximate surface area is 142 Å². The lowest BCUT2D eigenvalue weighted by Gasteiger charge is -2.15. The highest BCUT2D eigenvalue weighted by Crippen LogP contribution is 2.49. The number of benzene rings is 1. The minimum Gasteiger partial charge on any atom is -0.476 e. The van der Waals surface area contributed by atoms with Crippen molar-refractivity contribution in [2.75, 3.05) is 0 Å². The summed E-state index contributed by atoms with van der Waals surface area (Å²) in [6, 6.07) is 7.55. The fourth-order valence-electron chi connectivity index (χ4n) is 2.48. The molecule has 1 aromatic heterocycles. The highest BCUT2D eigenvalue weighted by atomic mass is 35.5. The third-order valence-electron chi connectivity index (χ3n) is 3.99. The molecule has 5 nitrogen and oxygen atoms in total. The predicted molar refractivity (Wildman–Crippen MR) is 87.7 cm³/mol. The second kappa shape index (κ2) is 6.29. The summed E-state index contributed by atoms with van der Waals surface area (Å²) in [7, 11) is 0. The number of aromatic carboxylic acids is 1. The molecule has 1 fully saturated rings. The van der Waals surface area contributed by atoms with Gasteiger partial charge >= 0.3 is 5.97 Å². The van der Waals surface area contributed by atoms with E-state index in [1.54, 1.807) is 0 Å². The lowest BCUT2D eigenvalue weighted by molar-refractivity contribution is -0.126. The Hall–Kier alpha value is -1.92. The first-order valence-electron chi connectivity index (χ1n) is 7.20. The van der Waals surface area contributed by atoms with E-state index in [-0.39, 0.29) is 18.1 Å². The fraction of sp³-hybridized carbons (Fsp3) is 0.312. The van der Waals surface area contributed by atoms with E-state index in [2.05, 4.69) is 10.3 Å². The van der Waals surface area contributed by atoms with E-state index < -0.39 is 11.4 Å². The number of aromatic nitrogens is 1. The van der Waals surface area contributed by atoms with Gasteiger partial charge in [0.25, 0.3) is 0 Å². The largest absolute Gasteiger partial charge is 0.476 e. The van der Waals surface area contributed by atoms with Crippen molar-refractivity contribution in [1.29, 1.82) is 0 Å². The zero-order valence-corrected chi connectivity index (χ0v) is 13.8. The van der Waals surface area contributed by atoms with Crippen LogP contribution in [0.2, 0.25) is 5.02 Å². The Bertz CT molecular complexity index is 755. The summed E-state index contributed by atoms with van der Waals surface area (Å²) >= 11 is 7.40. The van der Waals surface area contributed by atoms with Gasteiger partial charge in [-0.15, -0.1) is 11.3 Å². The van der Waals surface area contributed by atoms with Crippen LogP contribution in [0.4, 0.5) is 0 Å². The van der Waals surface area contributed by atoms with Crippen LogP contribution in [0.5, 0.6) is 0 Å². The van der Waals surface area contributed by atoms with E-state index in [0.29, 0.717) is 16.5 Å². The van der Waals surface area contributed by atoms with Crippen LogP contribution in [0, 0.1) is 5.41 Å². The first kappa shape index (κ1) is 16.0. The Morgan fingerprint density at radius 1 is 1.35 bits per heavy atom. The molecule has 1 aromatic carbocycles. The zero-order valence-electron chi connectivity index (χ0n) is 12.2. The smallest absolute Gasteiger partial charge is 0.355 e. The Morgan fingerprint density at radius 3 is 2.70 bits per heavy atom. The van der Waals surface area contributed by atoms with Crippen molar-refractivity contribution in [3.05, 3.63) is 50.9 Å². The number of nitrogens with one attached hydrogen (secondary N) is 1. The van der Waals surface area contributed by atoms with Gasteiger partial charge in [0.15, 0.2) is 5.69 Å². The quantitative estimate of drug-likeness (QED) is 0.838. The molecule has 0 aliphatic heterocycles. The number of carbonyl (C=O) groups excluding carboxylic acids is 1. The Kier molecular flexibility index (Phi) is 4.37. The van der Waals surface area contributed by atoms with Gasteiger partial charge in [0.05, 0.1) is 12.0 Å². The average molecular weight is 351 g/mol. The predicted octanol–water partition coefficient (Wildman–Crippen LogP) is 3.13. The molecule has 0 atom stereocenters. The molecule has 2 N–H and O–H groups in total. The highest BCUT2D eigenvalue weighted by molar-refractivity contribution is 7.09. The minimum absolute atomic E-state index is 0.0106. The van der Waals surface area contributed by atoms with Gasteiger partial charge in [-0.2, -0.15) is 0 Å². The number of carboxylic acids is 1. The molecule has 1 heterocycles. The molecule has 0 saturated heterocycles. The molecule has 7 heteroatoms. The molecule has 1 aliphatic carbocycles. The molecule has 0 radical (unpaired) electrons. The van der Waals surface area contributed by atoms with E-state index in [0.717, 1.165) is 18.4 Å². The lowest BCUT2D eigenvalue weighted by Crippen LogP contribution is -2.33. The van der Waals surface area contributed by atoms with Gasteiger partial charge in [-0.25, -0.2) is 9.78 Å². The zero-order chi connectivity index (χ0) is 16.4. The van der Waals surface area contributed by atoms with Gasteiger partial charge in [-0.05, 0) is 30.9 Å². The highest BCUT2D eigenvalue weighted by Gasteiger charge is 2.49. The topological polar surface area (TPSA) is 79.3 Å². The van der Waals surface area contributed by atoms with E-state index in [1.165, 1.54) is 16.7 Å². The van der Waals surface area contributed by atoms with Crippen molar-refractivity contribution in [3.8, 4) is 0 Å². The molecule has 3 rings (SSSR count). The number of hydrogen-bond acceptors (Lipinski definition) is 4. The van der Waals surface area contributed by atoms with Crippen LogP contribution >= 0.6 is 22.9 Å². The minimum atomic E-state index is -1.06. The number of amides is 1. The van der Waals surface area contributed by atoms with E-state index >= 15 is 0 Å². The maximum Gasteiger partial charge on any atom is 0.355 e. The third kappa shape index (κ3) is 3.54. The molecular weight excluding hydrogens is 336 g/mol. The number of hydrogen-bond donors (Lipinski definition) is 2. The number of nitrogens with zero attached hydrogens (tertiary/aromatic N) is 1. The summed E-state index contributed by atoms with van der Waals surface area (Å²) in [6.45, 7) is 0.251. The number of halogens is 1. The molecule has 1 saturated carbocycles. The van der Waals surface area contributed by atoms with Crippen LogP contribution in [-0.4, -0.2) is 22.0 Å². The molecule has 1 amide bonds. The maximum atomic E-state index is 12.5. The second-order valence-electron chi connectivity index (χ2n) is 5.66. The third-order valence-corrected chi connectivity index (χ3v) is 5.21. The van der Waals surface area contributed by atoms with Crippen LogP contribution in [0.15, 0.2) is 29.6 Å². The van der Waals surface area contributed by atoms with Gasteiger partial charge < -0.3 is 10.4 Å². The summed E-state index contributed by atoms with van der Waals surface area (Å²) in [6.07, 6.45) is 2.29. The summed E-state index contributed by atoms with van der Waals surface area (Å²) in [4.78, 5) is 27.2. The van der Waals surface area contributed by atoms with Gasteiger partial charge in [-0.3, -0.25) is 4.79 Å². The standard InChI is InChI=1S/C16H15ClN2O3S/c17-11-4-2-1-3-10(11)7-16(5-6-16)15(22)18-8-13-19-12(9-23-13)14(20)21/h1-4,9H,5-8H2,(H,18,22)(H,20,21). The van der Waals surface area contributed by atoms with Crippen LogP contribution < -0.4 is 5.32 Å². The summed E-state index contributed by atoms with van der Waals surface area (Å²) in [5.41, 5.74) is 0.596.